The van der Waals surface area contributed by atoms with Gasteiger partial charge in [-0.25, -0.2) is 4.39 Å². The summed E-state index contributed by atoms with van der Waals surface area (Å²) in [5, 5.41) is 1.05. The molecule has 1 rings (SSSR count). The topological polar surface area (TPSA) is 3.24 Å². The highest BCUT2D eigenvalue weighted by atomic mass is 79.9. The third-order valence-corrected chi connectivity index (χ3v) is 3.27. The molecule has 3 heteroatoms. The van der Waals surface area contributed by atoms with Crippen molar-refractivity contribution in [2.75, 3.05) is 23.8 Å². The molecule has 0 spiro atoms. The van der Waals surface area contributed by atoms with Gasteiger partial charge in [0.05, 0.1) is 0 Å². The lowest BCUT2D eigenvalue weighted by Crippen LogP contribution is -2.20. The highest BCUT2D eigenvalue weighted by molar-refractivity contribution is 9.09. The van der Waals surface area contributed by atoms with E-state index >= 15 is 0 Å². The van der Waals surface area contributed by atoms with Crippen molar-refractivity contribution in [3.63, 3.8) is 0 Å². The minimum absolute atomic E-state index is 0.169. The number of nitrogens with zero attached hydrogens (tertiary/aromatic N) is 1. The highest BCUT2D eigenvalue weighted by Gasteiger charge is 2.05. The number of hydrogen-bond donors (Lipinski definition) is 0. The fourth-order valence-corrected chi connectivity index (χ4v) is 2.37. The molecule has 1 aromatic carbocycles. The fourth-order valence-electron chi connectivity index (χ4n) is 1.59. The minimum Gasteiger partial charge on any atom is -0.375 e. The Morgan fingerprint density at radius 3 is 2.75 bits per heavy atom. The van der Waals surface area contributed by atoms with Crippen molar-refractivity contribution in [3.8, 4) is 0 Å². The van der Waals surface area contributed by atoms with E-state index in [1.165, 1.54) is 12.5 Å². The Morgan fingerprint density at radius 2 is 2.12 bits per heavy atom. The van der Waals surface area contributed by atoms with E-state index in [0.717, 1.165) is 24.0 Å². The van der Waals surface area contributed by atoms with E-state index in [-0.39, 0.29) is 5.82 Å². The van der Waals surface area contributed by atoms with Gasteiger partial charge in [-0.3, -0.25) is 0 Å². The largest absolute Gasteiger partial charge is 0.375 e. The third kappa shape index (κ3) is 4.52. The summed E-state index contributed by atoms with van der Waals surface area (Å²) in [7, 11) is 2.01. The van der Waals surface area contributed by atoms with Crippen LogP contribution in [0.15, 0.2) is 24.3 Å². The summed E-state index contributed by atoms with van der Waals surface area (Å²) in [5.41, 5.74) is 0.950. The maximum absolute atomic E-state index is 13.0. The van der Waals surface area contributed by atoms with Crippen molar-refractivity contribution in [1.29, 1.82) is 0 Å². The first-order valence-corrected chi connectivity index (χ1v) is 6.78. The number of alkyl halides is 1. The molecule has 0 fully saturated rings. The SMILES string of the molecule is CC(CCBr)CCN(C)c1cccc(F)c1. The molecule has 0 aliphatic rings. The van der Waals surface area contributed by atoms with Crippen LogP contribution in [-0.4, -0.2) is 18.9 Å². The van der Waals surface area contributed by atoms with Gasteiger partial charge in [-0.2, -0.15) is 0 Å². The minimum atomic E-state index is -0.169. The summed E-state index contributed by atoms with van der Waals surface area (Å²) in [6.45, 7) is 3.22. The maximum Gasteiger partial charge on any atom is 0.125 e. The standard InChI is InChI=1S/C13H19BrFN/c1-11(6-8-14)7-9-16(2)13-5-3-4-12(15)10-13/h3-5,10-11H,6-9H2,1-2H3. The first-order chi connectivity index (χ1) is 7.63. The number of hydrogen-bond acceptors (Lipinski definition) is 1. The molecule has 0 radical (unpaired) electrons. The molecule has 0 aliphatic heterocycles. The molecule has 1 unspecified atom stereocenters. The Morgan fingerprint density at radius 1 is 1.38 bits per heavy atom. The lowest BCUT2D eigenvalue weighted by atomic mass is 10.1. The van der Waals surface area contributed by atoms with Crippen molar-refractivity contribution in [3.05, 3.63) is 30.1 Å². The van der Waals surface area contributed by atoms with Crippen LogP contribution < -0.4 is 4.90 Å². The zero-order valence-electron chi connectivity index (χ0n) is 9.92. The van der Waals surface area contributed by atoms with Crippen molar-refractivity contribution in [2.24, 2.45) is 5.92 Å². The Hall–Kier alpha value is -0.570. The summed E-state index contributed by atoms with van der Waals surface area (Å²) >= 11 is 3.45. The molecule has 0 amide bonds. The van der Waals surface area contributed by atoms with Gasteiger partial charge in [0.25, 0.3) is 0 Å². The molecule has 0 bridgehead atoms. The van der Waals surface area contributed by atoms with Crippen LogP contribution in [0.25, 0.3) is 0 Å². The normalized spacial score (nSPS) is 12.5. The van der Waals surface area contributed by atoms with Crippen LogP contribution in [0.5, 0.6) is 0 Å². The van der Waals surface area contributed by atoms with E-state index < -0.39 is 0 Å². The quantitative estimate of drug-likeness (QED) is 0.713. The van der Waals surface area contributed by atoms with Gasteiger partial charge in [0, 0.05) is 24.6 Å². The Labute approximate surface area is 106 Å². The Balaban J connectivity index is 2.43. The second-order valence-corrected chi connectivity index (χ2v) is 5.07. The van der Waals surface area contributed by atoms with Crippen LogP contribution in [0.3, 0.4) is 0 Å². The summed E-state index contributed by atoms with van der Waals surface area (Å²) in [6, 6.07) is 6.75. The van der Waals surface area contributed by atoms with Gasteiger partial charge < -0.3 is 4.90 Å². The molecular formula is C13H19BrFN. The van der Waals surface area contributed by atoms with Gasteiger partial charge in [0.15, 0.2) is 0 Å². The fraction of sp³-hybridized carbons (Fsp3) is 0.538. The summed E-state index contributed by atoms with van der Waals surface area (Å²) in [5.74, 6) is 0.535. The lowest BCUT2D eigenvalue weighted by Gasteiger charge is -2.21. The summed E-state index contributed by atoms with van der Waals surface area (Å²) in [6.07, 6.45) is 2.33. The average molecular weight is 288 g/mol. The molecule has 0 N–H and O–H groups in total. The van der Waals surface area contributed by atoms with Gasteiger partial charge in [0.2, 0.25) is 0 Å². The van der Waals surface area contributed by atoms with E-state index in [9.17, 15) is 4.39 Å². The number of halogens is 2. The smallest absolute Gasteiger partial charge is 0.125 e. The predicted octanol–water partition coefficient (Wildman–Crippen LogP) is 4.07. The Bertz CT molecular complexity index is 317. The molecule has 1 nitrogen and oxygen atoms in total. The van der Waals surface area contributed by atoms with Gasteiger partial charge in [-0.1, -0.05) is 28.9 Å². The van der Waals surface area contributed by atoms with Crippen LogP contribution in [0, 0.1) is 11.7 Å². The summed E-state index contributed by atoms with van der Waals surface area (Å²) in [4.78, 5) is 2.10. The van der Waals surface area contributed by atoms with Crippen molar-refractivity contribution in [2.45, 2.75) is 19.8 Å². The van der Waals surface area contributed by atoms with Crippen LogP contribution in [0.2, 0.25) is 0 Å². The first kappa shape index (κ1) is 13.5. The summed E-state index contributed by atoms with van der Waals surface area (Å²) < 4.78 is 13.0. The molecule has 1 atom stereocenters. The van der Waals surface area contributed by atoms with E-state index in [1.54, 1.807) is 12.1 Å². The average Bonchev–Trinajstić information content (AvgIpc) is 2.26. The van der Waals surface area contributed by atoms with Gasteiger partial charge in [-0.15, -0.1) is 0 Å². The zero-order valence-corrected chi connectivity index (χ0v) is 11.5. The van der Waals surface area contributed by atoms with Gasteiger partial charge in [0.1, 0.15) is 5.82 Å². The number of anilines is 1. The second kappa shape index (κ2) is 6.89. The molecular weight excluding hydrogens is 269 g/mol. The molecule has 0 saturated heterocycles. The van der Waals surface area contributed by atoms with E-state index in [1.807, 2.05) is 13.1 Å². The van der Waals surface area contributed by atoms with Crippen LogP contribution in [0.1, 0.15) is 19.8 Å². The zero-order chi connectivity index (χ0) is 12.0. The van der Waals surface area contributed by atoms with E-state index in [0.29, 0.717) is 5.92 Å². The first-order valence-electron chi connectivity index (χ1n) is 5.66. The van der Waals surface area contributed by atoms with Gasteiger partial charge in [-0.05, 0) is 37.0 Å². The highest BCUT2D eigenvalue weighted by Crippen LogP contribution is 2.16. The molecule has 0 heterocycles. The van der Waals surface area contributed by atoms with Gasteiger partial charge >= 0.3 is 0 Å². The maximum atomic E-state index is 13.0. The van der Waals surface area contributed by atoms with Crippen molar-refractivity contribution >= 4 is 21.6 Å². The van der Waals surface area contributed by atoms with Crippen molar-refractivity contribution < 1.29 is 4.39 Å². The molecule has 16 heavy (non-hydrogen) atoms. The van der Waals surface area contributed by atoms with Crippen LogP contribution >= 0.6 is 15.9 Å². The predicted molar refractivity (Wildman–Crippen MR) is 71.9 cm³/mol. The lowest BCUT2D eigenvalue weighted by molar-refractivity contribution is 0.522. The number of benzene rings is 1. The van der Waals surface area contributed by atoms with Crippen molar-refractivity contribution in [1.82, 2.24) is 0 Å². The molecule has 90 valence electrons. The van der Waals surface area contributed by atoms with Crippen LogP contribution in [-0.2, 0) is 0 Å². The number of rotatable bonds is 6. The monoisotopic (exact) mass is 287 g/mol. The molecule has 1 aromatic rings. The molecule has 0 aliphatic carbocycles. The molecule has 0 aromatic heterocycles. The Kier molecular flexibility index (Phi) is 5.81. The second-order valence-electron chi connectivity index (χ2n) is 4.27. The van der Waals surface area contributed by atoms with Crippen LogP contribution in [0.4, 0.5) is 10.1 Å². The molecule has 0 saturated carbocycles. The van der Waals surface area contributed by atoms with E-state index in [2.05, 4.69) is 27.8 Å². The third-order valence-electron chi connectivity index (χ3n) is 2.81. The van der Waals surface area contributed by atoms with E-state index in [4.69, 9.17) is 0 Å².